The van der Waals surface area contributed by atoms with E-state index in [1.165, 1.54) is 11.8 Å². The highest BCUT2D eigenvalue weighted by molar-refractivity contribution is 7.98. The van der Waals surface area contributed by atoms with Gasteiger partial charge in [-0.25, -0.2) is 4.98 Å². The first-order chi connectivity index (χ1) is 13.7. The van der Waals surface area contributed by atoms with Crippen molar-refractivity contribution in [2.24, 2.45) is 0 Å². The van der Waals surface area contributed by atoms with E-state index >= 15 is 0 Å². The first-order valence-corrected chi connectivity index (χ1v) is 9.26. The van der Waals surface area contributed by atoms with Gasteiger partial charge in [0.1, 0.15) is 28.5 Å². The van der Waals surface area contributed by atoms with Crippen molar-refractivity contribution in [3.63, 3.8) is 0 Å². The molecule has 0 fully saturated rings. The Morgan fingerprint density at radius 1 is 1.07 bits per heavy atom. The molecule has 1 aliphatic heterocycles. The fourth-order valence-corrected chi connectivity index (χ4v) is 3.78. The maximum Gasteiger partial charge on any atom is 0.231 e. The zero-order valence-electron chi connectivity index (χ0n) is 14.5. The van der Waals surface area contributed by atoms with Crippen LogP contribution in [0, 0.1) is 22.7 Å². The molecular weight excluding hydrogens is 374 g/mol. The zero-order chi connectivity index (χ0) is 19.5. The minimum Gasteiger partial charge on any atom is -0.454 e. The van der Waals surface area contributed by atoms with Crippen LogP contribution in [0.3, 0.4) is 0 Å². The van der Waals surface area contributed by atoms with E-state index in [1.807, 2.05) is 18.2 Å². The van der Waals surface area contributed by atoms with Crippen LogP contribution in [-0.2, 0) is 5.75 Å². The van der Waals surface area contributed by atoms with Crippen molar-refractivity contribution in [2.45, 2.75) is 10.8 Å². The molecule has 28 heavy (non-hydrogen) atoms. The molecule has 136 valence electrons. The van der Waals surface area contributed by atoms with E-state index in [4.69, 9.17) is 15.2 Å². The van der Waals surface area contributed by atoms with Crippen LogP contribution in [0.25, 0.3) is 11.1 Å². The number of fused-ring (bicyclic) bond motifs is 1. The molecule has 0 bridgehead atoms. The third-order valence-electron chi connectivity index (χ3n) is 4.16. The van der Waals surface area contributed by atoms with Crippen molar-refractivity contribution in [3.05, 3.63) is 59.4 Å². The summed E-state index contributed by atoms with van der Waals surface area (Å²) in [6.45, 7) is 0.138. The second-order valence-electron chi connectivity index (χ2n) is 5.83. The van der Waals surface area contributed by atoms with Crippen molar-refractivity contribution in [1.82, 2.24) is 9.97 Å². The lowest BCUT2D eigenvalue weighted by molar-refractivity contribution is 0.174. The van der Waals surface area contributed by atoms with Crippen molar-refractivity contribution in [2.75, 3.05) is 12.5 Å². The van der Waals surface area contributed by atoms with Gasteiger partial charge in [0.15, 0.2) is 11.5 Å². The molecule has 2 N–H and O–H groups in total. The van der Waals surface area contributed by atoms with E-state index < -0.39 is 0 Å². The highest BCUT2D eigenvalue weighted by Crippen LogP contribution is 2.41. The Hall–Kier alpha value is -3.75. The Morgan fingerprint density at radius 3 is 2.64 bits per heavy atom. The summed E-state index contributed by atoms with van der Waals surface area (Å²) >= 11 is 1.35. The standard InChI is InChI=1S/C20H13N5O2S/c21-8-14-18(12-4-5-16-17(7-12)27-11-26-16)15(9-22)20(25-19(14)23)28-10-13-3-1-2-6-24-13/h1-7H,10-11H2,(H2,23,25). The summed E-state index contributed by atoms with van der Waals surface area (Å²) in [5, 5.41) is 19.9. The number of rotatable bonds is 4. The molecule has 3 aromatic rings. The number of nitriles is 2. The van der Waals surface area contributed by atoms with Gasteiger partial charge >= 0.3 is 0 Å². The Balaban J connectivity index is 1.81. The van der Waals surface area contributed by atoms with Gasteiger partial charge < -0.3 is 15.2 Å². The molecule has 0 unspecified atom stereocenters. The van der Waals surface area contributed by atoms with Gasteiger partial charge in [0.05, 0.1) is 11.3 Å². The van der Waals surface area contributed by atoms with Crippen LogP contribution < -0.4 is 15.2 Å². The molecule has 0 radical (unpaired) electrons. The first kappa shape index (κ1) is 17.7. The molecule has 7 nitrogen and oxygen atoms in total. The Morgan fingerprint density at radius 2 is 1.89 bits per heavy atom. The molecule has 4 rings (SSSR count). The minimum atomic E-state index is 0.0812. The molecule has 0 atom stereocenters. The molecule has 0 saturated heterocycles. The fraction of sp³-hybridized carbons (Fsp3) is 0.100. The lowest BCUT2D eigenvalue weighted by Crippen LogP contribution is -2.03. The maximum atomic E-state index is 9.84. The quantitative estimate of drug-likeness (QED) is 0.676. The number of thioether (sulfide) groups is 1. The van der Waals surface area contributed by atoms with Crippen LogP contribution in [-0.4, -0.2) is 16.8 Å². The third-order valence-corrected chi connectivity index (χ3v) is 5.17. The average molecular weight is 387 g/mol. The molecule has 2 aromatic heterocycles. The normalized spacial score (nSPS) is 11.6. The van der Waals surface area contributed by atoms with Gasteiger partial charge in [-0.1, -0.05) is 23.9 Å². The number of nitrogens with zero attached hydrogens (tertiary/aromatic N) is 4. The minimum absolute atomic E-state index is 0.0812. The van der Waals surface area contributed by atoms with Crippen LogP contribution in [0.5, 0.6) is 11.5 Å². The predicted molar refractivity (Wildman–Crippen MR) is 103 cm³/mol. The summed E-state index contributed by atoms with van der Waals surface area (Å²) in [4.78, 5) is 8.58. The van der Waals surface area contributed by atoms with Crippen molar-refractivity contribution in [1.29, 1.82) is 10.5 Å². The highest BCUT2D eigenvalue weighted by atomic mass is 32.2. The molecule has 0 aliphatic carbocycles. The summed E-state index contributed by atoms with van der Waals surface area (Å²) in [5.74, 6) is 1.78. The summed E-state index contributed by atoms with van der Waals surface area (Å²) < 4.78 is 10.8. The smallest absolute Gasteiger partial charge is 0.231 e. The summed E-state index contributed by atoms with van der Waals surface area (Å²) in [7, 11) is 0. The van der Waals surface area contributed by atoms with Crippen LogP contribution in [0.2, 0.25) is 0 Å². The van der Waals surface area contributed by atoms with Gasteiger partial charge in [-0.05, 0) is 29.8 Å². The highest BCUT2D eigenvalue weighted by Gasteiger charge is 2.23. The monoisotopic (exact) mass is 387 g/mol. The average Bonchev–Trinajstić information content (AvgIpc) is 3.20. The number of nitrogens with two attached hydrogens (primary N) is 1. The van der Waals surface area contributed by atoms with Gasteiger partial charge in [-0.15, -0.1) is 0 Å². The van der Waals surface area contributed by atoms with Gasteiger partial charge in [-0.2, -0.15) is 10.5 Å². The predicted octanol–water partition coefficient (Wildman–Crippen LogP) is 3.49. The SMILES string of the molecule is N#Cc1c(N)nc(SCc2ccccn2)c(C#N)c1-c1ccc2c(c1)OCO2. The van der Waals surface area contributed by atoms with E-state index in [-0.39, 0.29) is 18.2 Å². The van der Waals surface area contributed by atoms with E-state index in [9.17, 15) is 10.5 Å². The van der Waals surface area contributed by atoms with Crippen molar-refractivity contribution >= 4 is 17.6 Å². The van der Waals surface area contributed by atoms with E-state index in [1.54, 1.807) is 24.4 Å². The molecule has 1 aromatic carbocycles. The van der Waals surface area contributed by atoms with Crippen LogP contribution in [0.1, 0.15) is 16.8 Å². The first-order valence-electron chi connectivity index (χ1n) is 8.27. The number of ether oxygens (including phenoxy) is 2. The molecule has 0 amide bonds. The molecule has 8 heteroatoms. The number of aromatic nitrogens is 2. The van der Waals surface area contributed by atoms with Crippen LogP contribution in [0.4, 0.5) is 5.82 Å². The van der Waals surface area contributed by atoms with Gasteiger partial charge in [0.2, 0.25) is 6.79 Å². The lowest BCUT2D eigenvalue weighted by atomic mass is 9.96. The van der Waals surface area contributed by atoms with E-state index in [0.29, 0.717) is 39.0 Å². The zero-order valence-corrected chi connectivity index (χ0v) is 15.4. The van der Waals surface area contributed by atoms with Gasteiger partial charge in [-0.3, -0.25) is 4.98 Å². The van der Waals surface area contributed by atoms with Crippen LogP contribution >= 0.6 is 11.8 Å². The van der Waals surface area contributed by atoms with E-state index in [2.05, 4.69) is 22.1 Å². The van der Waals surface area contributed by atoms with Crippen molar-refractivity contribution in [3.8, 4) is 34.8 Å². The number of hydrogen-bond acceptors (Lipinski definition) is 8. The van der Waals surface area contributed by atoms with Crippen LogP contribution in [0.15, 0.2) is 47.6 Å². The number of benzene rings is 1. The maximum absolute atomic E-state index is 9.84. The van der Waals surface area contributed by atoms with E-state index in [0.717, 1.165) is 5.69 Å². The third kappa shape index (κ3) is 3.18. The summed E-state index contributed by atoms with van der Waals surface area (Å²) in [5.41, 5.74) is 8.45. The molecule has 0 spiro atoms. The Bertz CT molecular complexity index is 1140. The second-order valence-corrected chi connectivity index (χ2v) is 6.79. The lowest BCUT2D eigenvalue weighted by Gasteiger charge is -2.13. The molecule has 1 aliphatic rings. The fourth-order valence-electron chi connectivity index (χ4n) is 2.87. The molecule has 0 saturated carbocycles. The molecule has 3 heterocycles. The largest absolute Gasteiger partial charge is 0.454 e. The second kappa shape index (κ2) is 7.47. The number of pyridine rings is 2. The Kier molecular flexibility index (Phi) is 4.71. The van der Waals surface area contributed by atoms with Gasteiger partial charge in [0.25, 0.3) is 0 Å². The summed E-state index contributed by atoms with van der Waals surface area (Å²) in [6.07, 6.45) is 1.71. The number of nitrogen functional groups attached to an aromatic ring is 1. The van der Waals surface area contributed by atoms with Gasteiger partial charge in [0, 0.05) is 17.5 Å². The molecular formula is C20H13N5O2S. The Labute approximate surface area is 165 Å². The van der Waals surface area contributed by atoms with Crippen molar-refractivity contribution < 1.29 is 9.47 Å². The summed E-state index contributed by atoms with van der Waals surface area (Å²) in [6, 6.07) is 15.2. The number of hydrogen-bond donors (Lipinski definition) is 1. The topological polar surface area (TPSA) is 118 Å². The number of anilines is 1.